The maximum Gasteiger partial charge on any atom is 0.475 e. The number of halogens is 1. The van der Waals surface area contributed by atoms with E-state index in [0.29, 0.717) is 24.9 Å². The Kier molecular flexibility index (Phi) is 9.57. The maximum absolute atomic E-state index is 13.2. The van der Waals surface area contributed by atoms with Gasteiger partial charge in [-0.05, 0) is 75.3 Å². The summed E-state index contributed by atoms with van der Waals surface area (Å²) >= 11 is 0. The molecule has 1 unspecified atom stereocenters. The lowest BCUT2D eigenvalue weighted by Crippen LogP contribution is -2.50. The average molecular weight is 528 g/mol. The Morgan fingerprint density at radius 1 is 1.32 bits per heavy atom. The predicted molar refractivity (Wildman–Crippen MR) is 141 cm³/mol. The standard InChI is InChI=1S/C27H38BFN4O5/c1-26(2)11-13-33(18-26)27(3,4)15-20(16-30)24(34)32-12-5-6-22(17-32)38-25(35)31-23(28(36)37)14-19-7-9-21(29)10-8-19/h7-10,15,22-23,36-37H,5-6,11-14,17-18H2,1-4H3,(H,31,35)/t22-,23?/m0/s1. The van der Waals surface area contributed by atoms with Gasteiger partial charge >= 0.3 is 13.2 Å². The number of rotatable bonds is 8. The highest BCUT2D eigenvalue weighted by Gasteiger charge is 2.38. The molecule has 3 N–H and O–H groups in total. The van der Waals surface area contributed by atoms with Crippen LogP contribution in [0.4, 0.5) is 9.18 Å². The highest BCUT2D eigenvalue weighted by atomic mass is 19.1. The van der Waals surface area contributed by atoms with Crippen LogP contribution in [0, 0.1) is 22.6 Å². The Labute approximate surface area is 224 Å². The summed E-state index contributed by atoms with van der Waals surface area (Å²) in [7, 11) is -1.86. The van der Waals surface area contributed by atoms with Gasteiger partial charge in [0, 0.05) is 18.6 Å². The van der Waals surface area contributed by atoms with E-state index < -0.39 is 42.5 Å². The minimum Gasteiger partial charge on any atom is -0.444 e. The number of benzene rings is 1. The molecule has 2 aliphatic rings. The van der Waals surface area contributed by atoms with E-state index in [-0.39, 0.29) is 24.0 Å². The molecule has 2 heterocycles. The van der Waals surface area contributed by atoms with Crippen molar-refractivity contribution >= 4 is 19.1 Å². The quantitative estimate of drug-likeness (QED) is 0.269. The molecule has 2 saturated heterocycles. The smallest absolute Gasteiger partial charge is 0.444 e. The maximum atomic E-state index is 13.2. The second-order valence-corrected chi connectivity index (χ2v) is 11.6. The first-order valence-corrected chi connectivity index (χ1v) is 13.0. The highest BCUT2D eigenvalue weighted by molar-refractivity contribution is 6.43. The summed E-state index contributed by atoms with van der Waals surface area (Å²) in [5, 5.41) is 31.6. The third-order valence-electron chi connectivity index (χ3n) is 7.31. The van der Waals surface area contributed by atoms with Crippen molar-refractivity contribution in [1.29, 1.82) is 5.26 Å². The van der Waals surface area contributed by atoms with E-state index in [9.17, 15) is 29.3 Å². The number of carbonyl (C=O) groups excluding carboxylic acids is 2. The Bertz CT molecular complexity index is 1070. The van der Waals surface area contributed by atoms with Gasteiger partial charge in [0.15, 0.2) is 0 Å². The highest BCUT2D eigenvalue weighted by Crippen LogP contribution is 2.34. The lowest BCUT2D eigenvalue weighted by atomic mass is 9.76. The molecule has 0 spiro atoms. The molecule has 0 saturated carbocycles. The molecule has 38 heavy (non-hydrogen) atoms. The Morgan fingerprint density at radius 3 is 2.58 bits per heavy atom. The molecule has 3 rings (SSSR count). The fraction of sp³-hybridized carbons (Fsp3) is 0.593. The average Bonchev–Trinajstić information content (AvgIpc) is 3.23. The van der Waals surface area contributed by atoms with Crippen LogP contribution in [0.5, 0.6) is 0 Å². The number of amides is 2. The molecule has 2 amide bonds. The van der Waals surface area contributed by atoms with Gasteiger partial charge < -0.3 is 25.0 Å². The van der Waals surface area contributed by atoms with Gasteiger partial charge in [0.1, 0.15) is 23.6 Å². The van der Waals surface area contributed by atoms with Gasteiger partial charge in [-0.25, -0.2) is 9.18 Å². The van der Waals surface area contributed by atoms with E-state index in [2.05, 4.69) is 30.1 Å². The van der Waals surface area contributed by atoms with Gasteiger partial charge in [0.2, 0.25) is 0 Å². The van der Waals surface area contributed by atoms with Crippen LogP contribution in [-0.2, 0) is 16.0 Å². The molecule has 2 fully saturated rings. The van der Waals surface area contributed by atoms with Gasteiger partial charge in [0.05, 0.1) is 12.5 Å². The van der Waals surface area contributed by atoms with Gasteiger partial charge in [-0.3, -0.25) is 9.69 Å². The first-order chi connectivity index (χ1) is 17.8. The first-order valence-electron chi connectivity index (χ1n) is 13.0. The van der Waals surface area contributed by atoms with Gasteiger partial charge in [-0.1, -0.05) is 26.0 Å². The summed E-state index contributed by atoms with van der Waals surface area (Å²) < 4.78 is 18.6. The van der Waals surface area contributed by atoms with Crippen LogP contribution >= 0.6 is 0 Å². The summed E-state index contributed by atoms with van der Waals surface area (Å²) in [6, 6.07) is 7.55. The second kappa shape index (κ2) is 12.3. The zero-order valence-electron chi connectivity index (χ0n) is 22.6. The summed E-state index contributed by atoms with van der Waals surface area (Å²) in [5.74, 6) is -1.88. The van der Waals surface area contributed by atoms with E-state index in [1.165, 1.54) is 29.2 Å². The Hall–Kier alpha value is -2.94. The Morgan fingerprint density at radius 2 is 2.00 bits per heavy atom. The number of ether oxygens (including phenoxy) is 1. The topological polar surface area (TPSA) is 126 Å². The number of alkyl carbamates (subject to hydrolysis) is 1. The zero-order chi connectivity index (χ0) is 28.1. The minimum absolute atomic E-state index is 0.0582. The number of likely N-dealkylation sites (tertiary alicyclic amines) is 2. The first kappa shape index (κ1) is 29.6. The fourth-order valence-corrected chi connectivity index (χ4v) is 5.02. The molecule has 0 bridgehead atoms. The number of piperidine rings is 1. The van der Waals surface area contributed by atoms with E-state index in [1.54, 1.807) is 6.08 Å². The Balaban J connectivity index is 1.59. The molecule has 2 atom stereocenters. The van der Waals surface area contributed by atoms with E-state index in [0.717, 1.165) is 19.5 Å². The van der Waals surface area contributed by atoms with Crippen molar-refractivity contribution in [2.45, 2.75) is 71.0 Å². The summed E-state index contributed by atoms with van der Waals surface area (Å²) in [6.07, 6.45) is 2.50. The number of nitrogens with one attached hydrogen (secondary N) is 1. The van der Waals surface area contributed by atoms with Crippen molar-refractivity contribution in [2.24, 2.45) is 5.41 Å². The van der Waals surface area contributed by atoms with Crippen molar-refractivity contribution in [2.75, 3.05) is 26.2 Å². The van der Waals surface area contributed by atoms with Crippen LogP contribution in [0.2, 0.25) is 0 Å². The monoisotopic (exact) mass is 528 g/mol. The summed E-state index contributed by atoms with van der Waals surface area (Å²) in [4.78, 5) is 29.6. The molecule has 0 aromatic heterocycles. The van der Waals surface area contributed by atoms with E-state index in [1.807, 2.05) is 13.8 Å². The predicted octanol–water partition coefficient (Wildman–Crippen LogP) is 2.43. The van der Waals surface area contributed by atoms with Gasteiger partial charge in [-0.2, -0.15) is 5.26 Å². The van der Waals surface area contributed by atoms with Crippen LogP contribution < -0.4 is 5.32 Å². The van der Waals surface area contributed by atoms with Crippen LogP contribution in [0.25, 0.3) is 0 Å². The van der Waals surface area contributed by atoms with Crippen LogP contribution in [0.1, 0.15) is 52.5 Å². The van der Waals surface area contributed by atoms with Gasteiger partial charge in [0.25, 0.3) is 5.91 Å². The van der Waals surface area contributed by atoms with Crippen LogP contribution in [-0.4, -0.2) is 82.7 Å². The second-order valence-electron chi connectivity index (χ2n) is 11.6. The lowest BCUT2D eigenvalue weighted by Gasteiger charge is -2.35. The lowest BCUT2D eigenvalue weighted by molar-refractivity contribution is -0.129. The number of carbonyl (C=O) groups is 2. The van der Waals surface area contributed by atoms with Crippen LogP contribution in [0.15, 0.2) is 35.9 Å². The minimum atomic E-state index is -1.86. The van der Waals surface area contributed by atoms with Crippen molar-refractivity contribution in [3.63, 3.8) is 0 Å². The molecule has 0 radical (unpaired) electrons. The van der Waals surface area contributed by atoms with Crippen molar-refractivity contribution in [3.8, 4) is 6.07 Å². The molecule has 1 aromatic rings. The van der Waals surface area contributed by atoms with E-state index in [4.69, 9.17) is 4.74 Å². The normalized spacial score (nSPS) is 20.9. The SMILES string of the molecule is CC1(C)CCN(C(C)(C)C=C(C#N)C(=O)N2CCC[C@H](OC(=O)NC(Cc3ccc(F)cc3)B(O)O)C2)C1. The largest absolute Gasteiger partial charge is 0.475 e. The molecular weight excluding hydrogens is 490 g/mol. The van der Waals surface area contributed by atoms with Crippen molar-refractivity contribution in [1.82, 2.24) is 15.1 Å². The molecular formula is C27H38BFN4O5. The van der Waals surface area contributed by atoms with Gasteiger partial charge in [-0.15, -0.1) is 0 Å². The summed E-state index contributed by atoms with van der Waals surface area (Å²) in [6.45, 7) is 10.8. The zero-order valence-corrected chi connectivity index (χ0v) is 22.6. The molecule has 11 heteroatoms. The number of nitriles is 1. The van der Waals surface area contributed by atoms with Crippen molar-refractivity contribution in [3.05, 3.63) is 47.3 Å². The molecule has 0 aliphatic carbocycles. The summed E-state index contributed by atoms with van der Waals surface area (Å²) in [5.41, 5.74) is 0.387. The third-order valence-corrected chi connectivity index (χ3v) is 7.31. The molecule has 206 valence electrons. The number of hydrogen-bond acceptors (Lipinski definition) is 7. The number of hydrogen-bond donors (Lipinski definition) is 3. The molecule has 9 nitrogen and oxygen atoms in total. The van der Waals surface area contributed by atoms with E-state index >= 15 is 0 Å². The fourth-order valence-electron chi connectivity index (χ4n) is 5.02. The molecule has 2 aliphatic heterocycles. The van der Waals surface area contributed by atoms with Crippen LogP contribution in [0.3, 0.4) is 0 Å². The van der Waals surface area contributed by atoms with Crippen molar-refractivity contribution < 1.29 is 28.8 Å². The molecule has 1 aromatic carbocycles. The number of nitrogens with zero attached hydrogens (tertiary/aromatic N) is 3. The third kappa shape index (κ3) is 8.03.